The van der Waals surface area contributed by atoms with E-state index in [1.807, 2.05) is 29.8 Å². The molecule has 166 valence electrons. The van der Waals surface area contributed by atoms with Gasteiger partial charge in [0.1, 0.15) is 6.04 Å². The Bertz CT molecular complexity index is 956. The van der Waals surface area contributed by atoms with Crippen LogP contribution in [0, 0.1) is 0 Å². The molecule has 30 heavy (non-hydrogen) atoms. The number of benzene rings is 2. The minimum Gasteiger partial charge on any atom is -0.480 e. The van der Waals surface area contributed by atoms with E-state index in [0.29, 0.717) is 11.4 Å². The first-order chi connectivity index (χ1) is 14.2. The number of aliphatic hydroxyl groups excluding tert-OH is 1. The van der Waals surface area contributed by atoms with Gasteiger partial charge >= 0.3 is 5.97 Å². The predicted molar refractivity (Wildman–Crippen MR) is 118 cm³/mol. The number of nitrogens with one attached hydrogen (secondary N) is 1. The van der Waals surface area contributed by atoms with Crippen molar-refractivity contribution in [2.24, 2.45) is 5.73 Å². The van der Waals surface area contributed by atoms with Crippen molar-refractivity contribution in [2.45, 2.75) is 49.1 Å². The molecule has 0 heterocycles. The summed E-state index contributed by atoms with van der Waals surface area (Å²) in [7, 11) is -0.400. The zero-order valence-corrected chi connectivity index (χ0v) is 18.2. The third-order valence-corrected chi connectivity index (χ3v) is 6.59. The van der Waals surface area contributed by atoms with Crippen molar-refractivity contribution in [2.75, 3.05) is 25.6 Å². The Hall–Kier alpha value is -2.20. The van der Waals surface area contributed by atoms with Crippen molar-refractivity contribution in [3.05, 3.63) is 36.4 Å². The first kappa shape index (κ1) is 24.1. The number of hydrogen-bond donors (Lipinski definition) is 4. The van der Waals surface area contributed by atoms with E-state index in [4.69, 9.17) is 15.9 Å². The van der Waals surface area contributed by atoms with E-state index in [1.54, 1.807) is 24.3 Å². The second-order valence-electron chi connectivity index (χ2n) is 7.62. The van der Waals surface area contributed by atoms with Gasteiger partial charge in [-0.05, 0) is 25.0 Å². The minimum absolute atomic E-state index is 0.0293. The highest BCUT2D eigenvalue weighted by Gasteiger charge is 2.26. The predicted octanol–water partition coefficient (Wildman–Crippen LogP) is 1.91. The smallest absolute Gasteiger partial charge is 0.324 e. The van der Waals surface area contributed by atoms with Gasteiger partial charge in [0.15, 0.2) is 0 Å². The van der Waals surface area contributed by atoms with Gasteiger partial charge < -0.3 is 20.8 Å². The van der Waals surface area contributed by atoms with Crippen LogP contribution in [-0.2, 0) is 14.8 Å². The Morgan fingerprint density at radius 2 is 1.73 bits per heavy atom. The fourth-order valence-electron chi connectivity index (χ4n) is 3.44. The molecule has 0 aliphatic heterocycles. The molecule has 8 nitrogen and oxygen atoms in total. The molecule has 0 bridgehead atoms. The fourth-order valence-corrected chi connectivity index (χ4v) is 4.84. The molecular weight excluding hydrogens is 406 g/mol. The third kappa shape index (κ3) is 6.15. The summed E-state index contributed by atoms with van der Waals surface area (Å²) in [6.45, 7) is -0.831. The normalized spacial score (nSPS) is 15.9. The molecule has 0 radical (unpaired) electrons. The van der Waals surface area contributed by atoms with Crippen LogP contribution in [0.1, 0.15) is 32.1 Å². The average molecular weight is 438 g/mol. The fraction of sp³-hybridized carbons (Fsp3) is 0.476. The van der Waals surface area contributed by atoms with Crippen LogP contribution in [0.2, 0.25) is 0 Å². The lowest BCUT2D eigenvalue weighted by atomic mass is 9.97. The lowest BCUT2D eigenvalue weighted by Crippen LogP contribution is -2.43. The second kappa shape index (κ2) is 10.7. The molecule has 1 aliphatic carbocycles. The zero-order chi connectivity index (χ0) is 22.3. The summed E-state index contributed by atoms with van der Waals surface area (Å²) in [6.07, 6.45) is 6.66. The molecule has 0 amide bonds. The molecule has 5 N–H and O–H groups in total. The second-order valence-corrected chi connectivity index (χ2v) is 9.30. The third-order valence-electron chi connectivity index (χ3n) is 5.06. The monoisotopic (exact) mass is 437 g/mol. The number of aliphatic carboxylic acids is 1. The van der Waals surface area contributed by atoms with Gasteiger partial charge in [0.25, 0.3) is 0 Å². The number of carboxylic acid groups (broad SMARTS) is 1. The van der Waals surface area contributed by atoms with Gasteiger partial charge in [-0.25, -0.2) is 8.42 Å². The highest BCUT2D eigenvalue weighted by molar-refractivity contribution is 7.89. The largest absolute Gasteiger partial charge is 0.480 e. The Kier molecular flexibility index (Phi) is 8.60. The van der Waals surface area contributed by atoms with Gasteiger partial charge in [-0.3, -0.25) is 4.79 Å². The summed E-state index contributed by atoms with van der Waals surface area (Å²) in [5, 5.41) is 19.2. The summed E-state index contributed by atoms with van der Waals surface area (Å²) >= 11 is 0. The highest BCUT2D eigenvalue weighted by atomic mass is 32.2. The lowest BCUT2D eigenvalue weighted by Gasteiger charge is -2.18. The van der Waals surface area contributed by atoms with Crippen LogP contribution in [0.15, 0.2) is 41.3 Å². The maximum Gasteiger partial charge on any atom is 0.324 e. The minimum atomic E-state index is -4.10. The van der Waals surface area contributed by atoms with E-state index < -0.39 is 28.6 Å². The van der Waals surface area contributed by atoms with Gasteiger partial charge in [0.2, 0.25) is 10.0 Å². The molecule has 1 fully saturated rings. The number of carbonyl (C=O) groups is 1. The number of aliphatic hydroxyl groups is 1. The van der Waals surface area contributed by atoms with E-state index in [9.17, 15) is 13.2 Å². The van der Waals surface area contributed by atoms with Crippen LogP contribution >= 0.6 is 0 Å². The van der Waals surface area contributed by atoms with Crippen LogP contribution in [0.25, 0.3) is 10.8 Å². The van der Waals surface area contributed by atoms with Crippen molar-refractivity contribution in [3.63, 3.8) is 0 Å². The Morgan fingerprint density at radius 1 is 1.13 bits per heavy atom. The molecular formula is C21H31N3O5S. The lowest BCUT2D eigenvalue weighted by molar-refractivity contribution is -0.139. The molecule has 1 saturated carbocycles. The number of sulfonamides is 1. The maximum atomic E-state index is 12.5. The number of nitrogens with zero attached hydrogens (tertiary/aromatic N) is 1. The van der Waals surface area contributed by atoms with Crippen LogP contribution in [0.5, 0.6) is 0 Å². The number of carboxylic acids is 1. The molecule has 1 aliphatic rings. The van der Waals surface area contributed by atoms with Crippen molar-refractivity contribution < 1.29 is 23.4 Å². The van der Waals surface area contributed by atoms with Gasteiger partial charge in [0, 0.05) is 36.6 Å². The zero-order valence-electron chi connectivity index (χ0n) is 17.4. The van der Waals surface area contributed by atoms with E-state index in [2.05, 4.69) is 0 Å². The Morgan fingerprint density at radius 3 is 2.23 bits per heavy atom. The summed E-state index contributed by atoms with van der Waals surface area (Å²) in [5.41, 5.74) is 6.48. The molecule has 0 saturated heterocycles. The maximum absolute atomic E-state index is 12.5. The summed E-state index contributed by atoms with van der Waals surface area (Å²) < 4.78 is 27.0. The topological polar surface area (TPSA) is 133 Å². The summed E-state index contributed by atoms with van der Waals surface area (Å²) in [4.78, 5) is 12.8. The summed E-state index contributed by atoms with van der Waals surface area (Å²) in [5.74, 6) is -1.44. The average Bonchev–Trinajstić information content (AvgIpc) is 2.71. The molecule has 3 rings (SSSR count). The van der Waals surface area contributed by atoms with Crippen LogP contribution < -0.4 is 15.4 Å². The highest BCUT2D eigenvalue weighted by Crippen LogP contribution is 2.30. The number of hydrogen-bond acceptors (Lipinski definition) is 6. The quantitative estimate of drug-likeness (QED) is 0.542. The molecule has 1 atom stereocenters. The Balaban J connectivity index is 0.000000386. The van der Waals surface area contributed by atoms with Gasteiger partial charge in [-0.15, -0.1) is 0 Å². The molecule has 0 aromatic heterocycles. The van der Waals surface area contributed by atoms with E-state index in [-0.39, 0.29) is 4.90 Å². The van der Waals surface area contributed by atoms with Crippen molar-refractivity contribution in [3.8, 4) is 0 Å². The molecule has 2 aromatic rings. The van der Waals surface area contributed by atoms with Crippen LogP contribution in [0.4, 0.5) is 5.69 Å². The van der Waals surface area contributed by atoms with Crippen molar-refractivity contribution >= 4 is 32.5 Å². The summed E-state index contributed by atoms with van der Waals surface area (Å²) in [6, 6.07) is 8.99. The number of nitrogens with two attached hydrogens (primary N) is 1. The number of anilines is 1. The van der Waals surface area contributed by atoms with Crippen LogP contribution in [-0.4, -0.2) is 57.4 Å². The van der Waals surface area contributed by atoms with E-state index in [0.717, 1.165) is 11.1 Å². The van der Waals surface area contributed by atoms with Gasteiger partial charge in [-0.1, -0.05) is 43.5 Å². The first-order valence-electron chi connectivity index (χ1n) is 9.98. The Labute approximate surface area is 177 Å². The molecule has 0 unspecified atom stereocenters. The van der Waals surface area contributed by atoms with Crippen LogP contribution in [0.3, 0.4) is 0 Å². The van der Waals surface area contributed by atoms with E-state index >= 15 is 0 Å². The SMILES string of the molecule is CN(C)c1cccc2c(S(=O)(=O)N[C@@H](CO)C(=O)O)cccc12.NC1CCCCC1. The number of fused-ring (bicyclic) bond motifs is 1. The molecule has 9 heteroatoms. The van der Waals surface area contributed by atoms with Gasteiger partial charge in [0.05, 0.1) is 11.5 Å². The van der Waals surface area contributed by atoms with Crippen molar-refractivity contribution in [1.29, 1.82) is 0 Å². The molecule has 2 aromatic carbocycles. The van der Waals surface area contributed by atoms with Gasteiger partial charge in [-0.2, -0.15) is 4.72 Å². The van der Waals surface area contributed by atoms with E-state index in [1.165, 1.54) is 38.2 Å². The first-order valence-corrected chi connectivity index (χ1v) is 11.5. The molecule has 0 spiro atoms. The standard InChI is InChI=1S/C15H18N2O5S.C6H13N/c1-17(2)13-7-3-6-11-10(13)5-4-8-14(11)23(21,22)16-12(9-18)15(19)20;7-6-4-2-1-3-5-6/h3-8,12,16,18H,9H2,1-2H3,(H,19,20);6H,1-5,7H2/t12-;/m0./s1. The van der Waals surface area contributed by atoms with Crippen molar-refractivity contribution in [1.82, 2.24) is 4.72 Å². The number of rotatable bonds is 6.